The number of sulfone groups is 1. The Hall–Kier alpha value is -2.75. The van der Waals surface area contributed by atoms with Crippen molar-refractivity contribution in [2.75, 3.05) is 48.9 Å². The first kappa shape index (κ1) is 21.9. The molecule has 30 heavy (non-hydrogen) atoms. The molecule has 2 amide bonds. The van der Waals surface area contributed by atoms with Gasteiger partial charge in [-0.25, -0.2) is 8.42 Å². The number of hydrogen-bond donors (Lipinski definition) is 2. The van der Waals surface area contributed by atoms with Gasteiger partial charge in [0.2, 0.25) is 11.8 Å². The minimum absolute atomic E-state index is 0.0324. The molecule has 2 aromatic rings. The summed E-state index contributed by atoms with van der Waals surface area (Å²) in [6.07, 6.45) is 0. The Labute approximate surface area is 176 Å². The predicted molar refractivity (Wildman–Crippen MR) is 115 cm³/mol. The third kappa shape index (κ3) is 5.88. The fourth-order valence-electron chi connectivity index (χ4n) is 3.36. The first-order valence-electron chi connectivity index (χ1n) is 9.57. The number of rotatable bonds is 7. The van der Waals surface area contributed by atoms with Gasteiger partial charge in [-0.2, -0.15) is 0 Å². The van der Waals surface area contributed by atoms with E-state index in [0.717, 1.165) is 5.56 Å². The van der Waals surface area contributed by atoms with Crippen LogP contribution < -0.4 is 10.6 Å². The van der Waals surface area contributed by atoms with Crippen LogP contribution in [0.4, 0.5) is 11.4 Å². The highest BCUT2D eigenvalue weighted by Gasteiger charge is 2.32. The molecule has 0 aliphatic carbocycles. The second-order valence-electron chi connectivity index (χ2n) is 7.05. The van der Waals surface area contributed by atoms with Gasteiger partial charge in [-0.3, -0.25) is 14.5 Å². The van der Waals surface area contributed by atoms with E-state index in [9.17, 15) is 18.0 Å². The molecule has 1 saturated heterocycles. The van der Waals surface area contributed by atoms with Crippen molar-refractivity contribution in [1.29, 1.82) is 0 Å². The molecule has 0 radical (unpaired) electrons. The second kappa shape index (κ2) is 9.84. The van der Waals surface area contributed by atoms with Gasteiger partial charge < -0.3 is 15.4 Å². The molecule has 1 aliphatic rings. The van der Waals surface area contributed by atoms with Crippen molar-refractivity contribution in [2.24, 2.45) is 0 Å². The van der Waals surface area contributed by atoms with Gasteiger partial charge in [0.1, 0.15) is 12.6 Å². The topological polar surface area (TPSA) is 105 Å². The molecule has 1 unspecified atom stereocenters. The van der Waals surface area contributed by atoms with Crippen molar-refractivity contribution in [3.05, 3.63) is 60.2 Å². The Balaban J connectivity index is 1.78. The zero-order chi connectivity index (χ0) is 21.6. The third-order valence-corrected chi connectivity index (χ3v) is 6.41. The normalized spacial score (nSPS) is 17.1. The maximum absolute atomic E-state index is 13.2. The Morgan fingerprint density at radius 2 is 1.63 bits per heavy atom. The average Bonchev–Trinajstić information content (AvgIpc) is 2.71. The Kier molecular flexibility index (Phi) is 7.20. The molecule has 1 fully saturated rings. The summed E-state index contributed by atoms with van der Waals surface area (Å²) in [4.78, 5) is 26.8. The fraction of sp³-hybridized carbons (Fsp3) is 0.333. The Bertz CT molecular complexity index is 981. The van der Waals surface area contributed by atoms with Crippen molar-refractivity contribution in [1.82, 2.24) is 4.90 Å². The maximum Gasteiger partial charge on any atom is 0.250 e. The van der Waals surface area contributed by atoms with Crippen LogP contribution in [0.2, 0.25) is 0 Å². The Morgan fingerprint density at radius 1 is 1.00 bits per heavy atom. The van der Waals surface area contributed by atoms with E-state index in [4.69, 9.17) is 4.74 Å². The number of anilines is 2. The number of nitrogens with one attached hydrogen (secondary N) is 2. The summed E-state index contributed by atoms with van der Waals surface area (Å²) in [7, 11) is -1.63. The summed E-state index contributed by atoms with van der Waals surface area (Å²) in [6, 6.07) is 15.5. The first-order valence-corrected chi connectivity index (χ1v) is 11.4. The molecule has 0 spiro atoms. The predicted octanol–water partition coefficient (Wildman–Crippen LogP) is 1.68. The third-order valence-electron chi connectivity index (χ3n) is 4.80. The first-order chi connectivity index (χ1) is 14.4. The molecule has 2 aromatic carbocycles. The summed E-state index contributed by atoms with van der Waals surface area (Å²) in [5.74, 6) is -0.492. The SMILES string of the molecule is COCC(=O)Nc1cccc(NC(=O)C(c2ccccc2)N2CCS(=O)(=O)CC2)c1. The second-order valence-corrected chi connectivity index (χ2v) is 9.36. The van der Waals surface area contributed by atoms with Crippen molar-refractivity contribution in [3.63, 3.8) is 0 Å². The van der Waals surface area contributed by atoms with E-state index in [-0.39, 0.29) is 29.9 Å². The van der Waals surface area contributed by atoms with Gasteiger partial charge >= 0.3 is 0 Å². The quantitative estimate of drug-likeness (QED) is 0.691. The molecule has 8 nitrogen and oxygen atoms in total. The van der Waals surface area contributed by atoms with Gasteiger partial charge in [-0.15, -0.1) is 0 Å². The highest BCUT2D eigenvalue weighted by Crippen LogP contribution is 2.25. The van der Waals surface area contributed by atoms with Crippen LogP contribution in [0.5, 0.6) is 0 Å². The van der Waals surface area contributed by atoms with E-state index in [0.29, 0.717) is 24.5 Å². The van der Waals surface area contributed by atoms with Crippen LogP contribution in [0.25, 0.3) is 0 Å². The number of benzene rings is 2. The number of amides is 2. The number of nitrogens with zero attached hydrogens (tertiary/aromatic N) is 1. The summed E-state index contributed by atoms with van der Waals surface area (Å²) in [5, 5.41) is 5.59. The standard InChI is InChI=1S/C21H25N3O5S/c1-29-15-19(25)22-17-8-5-9-18(14-17)23-21(26)20(16-6-3-2-4-7-16)24-10-12-30(27,28)13-11-24/h2-9,14,20H,10-13,15H2,1H3,(H,22,25)(H,23,26). The average molecular weight is 432 g/mol. The van der Waals surface area contributed by atoms with E-state index in [1.807, 2.05) is 35.2 Å². The van der Waals surface area contributed by atoms with Crippen molar-refractivity contribution in [2.45, 2.75) is 6.04 Å². The van der Waals surface area contributed by atoms with Crippen LogP contribution in [0.3, 0.4) is 0 Å². The van der Waals surface area contributed by atoms with E-state index < -0.39 is 15.9 Å². The number of methoxy groups -OCH3 is 1. The highest BCUT2D eigenvalue weighted by atomic mass is 32.2. The van der Waals surface area contributed by atoms with Gasteiger partial charge in [0.05, 0.1) is 11.5 Å². The number of ether oxygens (including phenoxy) is 1. The number of carbonyl (C=O) groups is 2. The zero-order valence-corrected chi connectivity index (χ0v) is 17.5. The molecular formula is C21H25N3O5S. The minimum Gasteiger partial charge on any atom is -0.375 e. The summed E-state index contributed by atoms with van der Waals surface area (Å²) in [5.41, 5.74) is 1.86. The van der Waals surface area contributed by atoms with Crippen LogP contribution in [-0.2, 0) is 24.2 Å². The smallest absolute Gasteiger partial charge is 0.250 e. The van der Waals surface area contributed by atoms with Crippen LogP contribution in [0, 0.1) is 0 Å². The van der Waals surface area contributed by atoms with Crippen molar-refractivity contribution in [3.8, 4) is 0 Å². The monoisotopic (exact) mass is 431 g/mol. The molecular weight excluding hydrogens is 406 g/mol. The molecule has 0 saturated carbocycles. The van der Waals surface area contributed by atoms with E-state index in [1.54, 1.807) is 24.3 Å². The molecule has 3 rings (SSSR count). The van der Waals surface area contributed by atoms with Gasteiger partial charge in [0.15, 0.2) is 9.84 Å². The lowest BCUT2D eigenvalue weighted by Crippen LogP contribution is -2.46. The molecule has 160 valence electrons. The van der Waals surface area contributed by atoms with Crippen LogP contribution in [-0.4, -0.2) is 63.4 Å². The van der Waals surface area contributed by atoms with E-state index in [1.165, 1.54) is 7.11 Å². The van der Waals surface area contributed by atoms with E-state index >= 15 is 0 Å². The van der Waals surface area contributed by atoms with Gasteiger partial charge in [0, 0.05) is 31.6 Å². The summed E-state index contributed by atoms with van der Waals surface area (Å²) < 4.78 is 28.4. The molecule has 0 aromatic heterocycles. The number of hydrogen-bond acceptors (Lipinski definition) is 6. The van der Waals surface area contributed by atoms with Crippen LogP contribution in [0.1, 0.15) is 11.6 Å². The lowest BCUT2D eigenvalue weighted by Gasteiger charge is -2.33. The van der Waals surface area contributed by atoms with Crippen molar-refractivity contribution < 1.29 is 22.7 Å². The van der Waals surface area contributed by atoms with Crippen LogP contribution >= 0.6 is 0 Å². The van der Waals surface area contributed by atoms with Gasteiger partial charge in [-0.05, 0) is 23.8 Å². The lowest BCUT2D eigenvalue weighted by atomic mass is 10.0. The summed E-state index contributed by atoms with van der Waals surface area (Å²) >= 11 is 0. The molecule has 1 heterocycles. The van der Waals surface area contributed by atoms with E-state index in [2.05, 4.69) is 10.6 Å². The highest BCUT2D eigenvalue weighted by molar-refractivity contribution is 7.91. The molecule has 0 bridgehead atoms. The van der Waals surface area contributed by atoms with Crippen molar-refractivity contribution >= 4 is 33.0 Å². The minimum atomic E-state index is -3.06. The van der Waals surface area contributed by atoms with Gasteiger partial charge in [-0.1, -0.05) is 36.4 Å². The lowest BCUT2D eigenvalue weighted by molar-refractivity contribution is -0.121. The molecule has 1 aliphatic heterocycles. The maximum atomic E-state index is 13.2. The summed E-state index contributed by atoms with van der Waals surface area (Å²) in [6.45, 7) is 0.523. The molecule has 9 heteroatoms. The number of carbonyl (C=O) groups excluding carboxylic acids is 2. The van der Waals surface area contributed by atoms with Gasteiger partial charge in [0.25, 0.3) is 0 Å². The fourth-order valence-corrected chi connectivity index (χ4v) is 4.59. The molecule has 1 atom stereocenters. The zero-order valence-electron chi connectivity index (χ0n) is 16.7. The molecule has 2 N–H and O–H groups in total. The Morgan fingerprint density at radius 3 is 2.27 bits per heavy atom. The van der Waals surface area contributed by atoms with Crippen LogP contribution in [0.15, 0.2) is 54.6 Å². The largest absolute Gasteiger partial charge is 0.375 e.